The lowest BCUT2D eigenvalue weighted by atomic mass is 9.94. The fraction of sp³-hybridized carbons (Fsp3) is 0.786. The van der Waals surface area contributed by atoms with Crippen molar-refractivity contribution in [2.75, 3.05) is 0 Å². The van der Waals surface area contributed by atoms with Gasteiger partial charge < -0.3 is 5.11 Å². The molecule has 1 aliphatic rings. The van der Waals surface area contributed by atoms with E-state index in [0.29, 0.717) is 24.5 Å². The summed E-state index contributed by atoms with van der Waals surface area (Å²) in [5.74, 6) is 0.807. The Morgan fingerprint density at radius 3 is 2.88 bits per heavy atom. The molecule has 1 unspecified atom stereocenters. The number of carbonyl (C=O) groups is 1. The number of hydrogen-bond donors (Lipinski definition) is 1. The summed E-state index contributed by atoms with van der Waals surface area (Å²) < 4.78 is 0. The van der Waals surface area contributed by atoms with Crippen molar-refractivity contribution in [1.82, 2.24) is 0 Å². The van der Waals surface area contributed by atoms with E-state index in [2.05, 4.69) is 19.1 Å². The molecule has 2 heteroatoms. The van der Waals surface area contributed by atoms with Gasteiger partial charge in [-0.25, -0.2) is 0 Å². The maximum absolute atomic E-state index is 11.1. The lowest BCUT2D eigenvalue weighted by molar-refractivity contribution is -0.117. The first-order valence-corrected chi connectivity index (χ1v) is 6.44. The zero-order valence-electron chi connectivity index (χ0n) is 10.5. The molecule has 2 atom stereocenters. The summed E-state index contributed by atoms with van der Waals surface area (Å²) in [4.78, 5) is 11.1. The van der Waals surface area contributed by atoms with Gasteiger partial charge in [0.2, 0.25) is 0 Å². The summed E-state index contributed by atoms with van der Waals surface area (Å²) in [5, 5.41) is 10.1. The topological polar surface area (TPSA) is 37.3 Å². The lowest BCUT2D eigenvalue weighted by Crippen LogP contribution is -2.22. The van der Waals surface area contributed by atoms with Crippen molar-refractivity contribution in [1.29, 1.82) is 0 Å². The number of Topliss-reactive ketones (excluding diaryl/α,β-unsaturated/α-hetero) is 1. The van der Waals surface area contributed by atoms with Crippen molar-refractivity contribution < 1.29 is 9.90 Å². The maximum Gasteiger partial charge on any atom is 0.133 e. The third kappa shape index (κ3) is 4.93. The molecule has 0 aliphatic heterocycles. The van der Waals surface area contributed by atoms with Crippen LogP contribution in [0.25, 0.3) is 0 Å². The molecule has 1 N–H and O–H groups in total. The molecule has 0 saturated heterocycles. The molecule has 0 heterocycles. The summed E-state index contributed by atoms with van der Waals surface area (Å²) >= 11 is 0. The Hall–Kier alpha value is -0.630. The van der Waals surface area contributed by atoms with Gasteiger partial charge in [-0.15, -0.1) is 0 Å². The van der Waals surface area contributed by atoms with Gasteiger partial charge in [0, 0.05) is 12.8 Å². The van der Waals surface area contributed by atoms with E-state index in [9.17, 15) is 9.90 Å². The van der Waals surface area contributed by atoms with Crippen molar-refractivity contribution in [2.24, 2.45) is 5.92 Å². The van der Waals surface area contributed by atoms with Gasteiger partial charge in [0.1, 0.15) is 5.78 Å². The number of ketones is 1. The quantitative estimate of drug-likeness (QED) is 0.703. The van der Waals surface area contributed by atoms with Crippen LogP contribution < -0.4 is 0 Å². The van der Waals surface area contributed by atoms with Crippen LogP contribution in [0.15, 0.2) is 12.2 Å². The van der Waals surface area contributed by atoms with Crippen LogP contribution in [0.2, 0.25) is 0 Å². The third-order valence-electron chi connectivity index (χ3n) is 3.32. The molecule has 0 aromatic carbocycles. The zero-order chi connectivity index (χ0) is 12.0. The van der Waals surface area contributed by atoms with Crippen LogP contribution in [-0.2, 0) is 4.79 Å². The van der Waals surface area contributed by atoms with Gasteiger partial charge in [0.05, 0.1) is 5.60 Å². The summed E-state index contributed by atoms with van der Waals surface area (Å²) in [6.07, 6.45) is 10.4. The van der Waals surface area contributed by atoms with E-state index in [1.165, 1.54) is 0 Å². The first-order chi connectivity index (χ1) is 7.53. The molecule has 0 spiro atoms. The van der Waals surface area contributed by atoms with Gasteiger partial charge in [-0.1, -0.05) is 31.9 Å². The van der Waals surface area contributed by atoms with Crippen LogP contribution in [0.1, 0.15) is 58.8 Å². The SMILES string of the molecule is CCCCC(C)(O)C/C=C/[C@@H]1CCC(=O)C1. The maximum atomic E-state index is 11.1. The molecule has 0 amide bonds. The fourth-order valence-electron chi connectivity index (χ4n) is 2.18. The van der Waals surface area contributed by atoms with Crippen LogP contribution in [0.5, 0.6) is 0 Å². The molecule has 1 rings (SSSR count). The predicted molar refractivity (Wildman–Crippen MR) is 66.3 cm³/mol. The minimum atomic E-state index is -0.574. The molecule has 0 radical (unpaired) electrons. The molecule has 0 bridgehead atoms. The van der Waals surface area contributed by atoms with Crippen LogP contribution >= 0.6 is 0 Å². The number of hydrogen-bond acceptors (Lipinski definition) is 2. The van der Waals surface area contributed by atoms with Gasteiger partial charge in [-0.2, -0.15) is 0 Å². The number of carbonyl (C=O) groups excluding carboxylic acids is 1. The third-order valence-corrected chi connectivity index (χ3v) is 3.32. The lowest BCUT2D eigenvalue weighted by Gasteiger charge is -2.21. The van der Waals surface area contributed by atoms with Gasteiger partial charge in [-0.3, -0.25) is 4.79 Å². The van der Waals surface area contributed by atoms with Crippen molar-refractivity contribution in [3.8, 4) is 0 Å². The Kier molecular flexibility index (Phi) is 5.20. The van der Waals surface area contributed by atoms with Gasteiger partial charge in [0.25, 0.3) is 0 Å². The number of unbranched alkanes of at least 4 members (excludes halogenated alkanes) is 1. The average Bonchev–Trinajstić information content (AvgIpc) is 2.61. The second kappa shape index (κ2) is 6.19. The first kappa shape index (κ1) is 13.4. The van der Waals surface area contributed by atoms with Crippen LogP contribution in [-0.4, -0.2) is 16.5 Å². The number of aliphatic hydroxyl groups is 1. The van der Waals surface area contributed by atoms with E-state index in [-0.39, 0.29) is 0 Å². The molecule has 1 fully saturated rings. The fourth-order valence-corrected chi connectivity index (χ4v) is 2.18. The molecule has 92 valence electrons. The highest BCUT2D eigenvalue weighted by molar-refractivity contribution is 5.80. The Bertz CT molecular complexity index is 253. The molecule has 1 aliphatic carbocycles. The van der Waals surface area contributed by atoms with Crippen molar-refractivity contribution in [3.63, 3.8) is 0 Å². The summed E-state index contributed by atoms with van der Waals surface area (Å²) in [6, 6.07) is 0. The Morgan fingerprint density at radius 2 is 2.31 bits per heavy atom. The zero-order valence-corrected chi connectivity index (χ0v) is 10.5. The van der Waals surface area contributed by atoms with Crippen molar-refractivity contribution >= 4 is 5.78 Å². The van der Waals surface area contributed by atoms with E-state index in [1.54, 1.807) is 0 Å². The molecule has 1 saturated carbocycles. The van der Waals surface area contributed by atoms with E-state index in [0.717, 1.165) is 32.1 Å². The van der Waals surface area contributed by atoms with E-state index in [4.69, 9.17) is 0 Å². The summed E-state index contributed by atoms with van der Waals surface area (Å²) in [5.41, 5.74) is -0.574. The largest absolute Gasteiger partial charge is 0.390 e. The minimum Gasteiger partial charge on any atom is -0.390 e. The van der Waals surface area contributed by atoms with Crippen LogP contribution in [0, 0.1) is 5.92 Å². The van der Waals surface area contributed by atoms with Crippen LogP contribution in [0.4, 0.5) is 0 Å². The standard InChI is InChI=1S/C14H24O2/c1-3-4-9-14(2,16)10-5-6-12-7-8-13(15)11-12/h5-6,12,16H,3-4,7-11H2,1-2H3/b6-5+/t12-,14?/m1/s1. The molecule has 0 aromatic heterocycles. The Morgan fingerprint density at radius 1 is 1.56 bits per heavy atom. The highest BCUT2D eigenvalue weighted by atomic mass is 16.3. The molecule has 0 aromatic rings. The number of rotatable bonds is 6. The second-order valence-electron chi connectivity index (χ2n) is 5.27. The molecule has 16 heavy (non-hydrogen) atoms. The summed E-state index contributed by atoms with van der Waals surface area (Å²) in [7, 11) is 0. The predicted octanol–water partition coefficient (Wildman–Crippen LogP) is 3.24. The highest BCUT2D eigenvalue weighted by Crippen LogP contribution is 2.24. The minimum absolute atomic E-state index is 0.382. The monoisotopic (exact) mass is 224 g/mol. The van der Waals surface area contributed by atoms with E-state index in [1.807, 2.05) is 6.92 Å². The molecular formula is C14H24O2. The van der Waals surface area contributed by atoms with Gasteiger partial charge >= 0.3 is 0 Å². The molecular weight excluding hydrogens is 200 g/mol. The molecule has 2 nitrogen and oxygen atoms in total. The first-order valence-electron chi connectivity index (χ1n) is 6.44. The van der Waals surface area contributed by atoms with Crippen molar-refractivity contribution in [3.05, 3.63) is 12.2 Å². The normalized spacial score (nSPS) is 25.2. The van der Waals surface area contributed by atoms with E-state index >= 15 is 0 Å². The second-order valence-corrected chi connectivity index (χ2v) is 5.27. The van der Waals surface area contributed by atoms with Crippen molar-refractivity contribution in [2.45, 2.75) is 64.4 Å². The van der Waals surface area contributed by atoms with Crippen LogP contribution in [0.3, 0.4) is 0 Å². The van der Waals surface area contributed by atoms with E-state index < -0.39 is 5.60 Å². The average molecular weight is 224 g/mol. The number of allylic oxidation sites excluding steroid dienone is 1. The smallest absolute Gasteiger partial charge is 0.133 e. The van der Waals surface area contributed by atoms with Gasteiger partial charge in [0.15, 0.2) is 0 Å². The Balaban J connectivity index is 2.27. The Labute approximate surface area is 98.7 Å². The highest BCUT2D eigenvalue weighted by Gasteiger charge is 2.21. The summed E-state index contributed by atoms with van der Waals surface area (Å²) in [6.45, 7) is 4.03. The van der Waals surface area contributed by atoms with Gasteiger partial charge in [-0.05, 0) is 32.1 Å².